The zero-order valence-electron chi connectivity index (χ0n) is 13.1. The van der Waals surface area contributed by atoms with Crippen molar-refractivity contribution in [3.05, 3.63) is 0 Å². The van der Waals surface area contributed by atoms with Gasteiger partial charge in [0.1, 0.15) is 0 Å². The van der Waals surface area contributed by atoms with Crippen LogP contribution in [-0.2, 0) is 14.3 Å². The van der Waals surface area contributed by atoms with E-state index in [1.807, 2.05) is 41.5 Å². The maximum Gasteiger partial charge on any atom is 0.313 e. The number of carbonyl (C=O) groups is 1. The Bertz CT molecular complexity index is 245. The monoisotopic (exact) mass is 258 g/mol. The minimum Gasteiger partial charge on any atom is -0.435 e. The van der Waals surface area contributed by atoms with E-state index in [1.165, 1.54) is 0 Å². The predicted molar refractivity (Wildman–Crippen MR) is 74.3 cm³/mol. The van der Waals surface area contributed by atoms with Crippen LogP contribution in [0.15, 0.2) is 0 Å². The summed E-state index contributed by atoms with van der Waals surface area (Å²) >= 11 is 0. The molecule has 0 aromatic heterocycles. The summed E-state index contributed by atoms with van der Waals surface area (Å²) in [5.41, 5.74) is -0.778. The van der Waals surface area contributed by atoms with Gasteiger partial charge in [0, 0.05) is 6.42 Å². The number of rotatable bonds is 6. The first kappa shape index (κ1) is 17.4. The summed E-state index contributed by atoms with van der Waals surface area (Å²) in [7, 11) is 0. The first-order valence-electron chi connectivity index (χ1n) is 6.95. The van der Waals surface area contributed by atoms with Gasteiger partial charge in [0.15, 0.2) is 0 Å². The van der Waals surface area contributed by atoms with Gasteiger partial charge in [0.25, 0.3) is 0 Å². The van der Waals surface area contributed by atoms with E-state index in [-0.39, 0.29) is 11.6 Å². The number of esters is 1. The van der Waals surface area contributed by atoms with E-state index in [4.69, 9.17) is 9.47 Å². The van der Waals surface area contributed by atoms with Crippen molar-refractivity contribution in [1.82, 2.24) is 0 Å². The average molecular weight is 258 g/mol. The molecule has 0 rings (SSSR count). The van der Waals surface area contributed by atoms with Crippen LogP contribution in [0.4, 0.5) is 0 Å². The van der Waals surface area contributed by atoms with Crippen molar-refractivity contribution in [1.29, 1.82) is 0 Å². The Balaban J connectivity index is 4.42. The standard InChI is InChI=1S/C15H30O3/c1-8-9-10-11-12(18-15(5,6)7)17-13(16)14(2,3)4/h12H,8-11H2,1-7H3. The van der Waals surface area contributed by atoms with Gasteiger partial charge in [-0.3, -0.25) is 4.79 Å². The number of carbonyl (C=O) groups excluding carboxylic acids is 1. The molecule has 0 bridgehead atoms. The minimum absolute atomic E-state index is 0.201. The summed E-state index contributed by atoms with van der Waals surface area (Å²) in [6.07, 6.45) is 3.65. The lowest BCUT2D eigenvalue weighted by Gasteiger charge is -2.29. The molecular formula is C15H30O3. The molecule has 3 heteroatoms. The maximum atomic E-state index is 11.9. The normalized spacial score (nSPS) is 14.4. The van der Waals surface area contributed by atoms with Crippen LogP contribution in [0.2, 0.25) is 0 Å². The van der Waals surface area contributed by atoms with E-state index in [2.05, 4.69) is 6.92 Å². The lowest BCUT2D eigenvalue weighted by molar-refractivity contribution is -0.211. The molecule has 1 atom stereocenters. The fourth-order valence-electron chi connectivity index (χ4n) is 1.39. The van der Waals surface area contributed by atoms with Crippen molar-refractivity contribution in [3.8, 4) is 0 Å². The Morgan fingerprint density at radius 3 is 2.00 bits per heavy atom. The van der Waals surface area contributed by atoms with Gasteiger partial charge in [0.2, 0.25) is 6.29 Å². The molecule has 108 valence electrons. The third kappa shape index (κ3) is 8.51. The van der Waals surface area contributed by atoms with Crippen LogP contribution >= 0.6 is 0 Å². The Labute approximate surface area is 112 Å². The number of hydrogen-bond acceptors (Lipinski definition) is 3. The Morgan fingerprint density at radius 2 is 1.61 bits per heavy atom. The highest BCUT2D eigenvalue weighted by Crippen LogP contribution is 2.22. The fourth-order valence-corrected chi connectivity index (χ4v) is 1.39. The molecule has 0 radical (unpaired) electrons. The summed E-state index contributed by atoms with van der Waals surface area (Å²) in [6.45, 7) is 13.7. The minimum atomic E-state index is -0.482. The van der Waals surface area contributed by atoms with E-state index < -0.39 is 11.7 Å². The average Bonchev–Trinajstić information content (AvgIpc) is 2.13. The summed E-state index contributed by atoms with van der Waals surface area (Å²) in [5, 5.41) is 0. The van der Waals surface area contributed by atoms with Crippen LogP contribution in [-0.4, -0.2) is 17.9 Å². The van der Waals surface area contributed by atoms with Crippen molar-refractivity contribution in [2.45, 2.75) is 86.0 Å². The molecule has 0 saturated carbocycles. The molecule has 0 heterocycles. The summed E-state index contributed by atoms with van der Waals surface area (Å²) in [5.74, 6) is -0.201. The van der Waals surface area contributed by atoms with Crippen molar-refractivity contribution < 1.29 is 14.3 Å². The van der Waals surface area contributed by atoms with Crippen LogP contribution in [0.5, 0.6) is 0 Å². The first-order valence-corrected chi connectivity index (χ1v) is 6.95. The van der Waals surface area contributed by atoms with E-state index in [1.54, 1.807) is 0 Å². The fraction of sp³-hybridized carbons (Fsp3) is 0.933. The van der Waals surface area contributed by atoms with Crippen LogP contribution in [0.1, 0.15) is 74.1 Å². The molecule has 1 unspecified atom stereocenters. The third-order valence-corrected chi connectivity index (χ3v) is 2.38. The van der Waals surface area contributed by atoms with Crippen LogP contribution < -0.4 is 0 Å². The second-order valence-corrected chi connectivity index (χ2v) is 6.81. The van der Waals surface area contributed by atoms with Crippen LogP contribution in [0.3, 0.4) is 0 Å². The van der Waals surface area contributed by atoms with E-state index >= 15 is 0 Å². The van der Waals surface area contributed by atoms with Crippen molar-refractivity contribution in [2.75, 3.05) is 0 Å². The molecule has 0 spiro atoms. The quantitative estimate of drug-likeness (QED) is 0.405. The van der Waals surface area contributed by atoms with Crippen LogP contribution in [0, 0.1) is 5.41 Å². The molecule has 0 amide bonds. The van der Waals surface area contributed by atoms with E-state index in [0.29, 0.717) is 0 Å². The third-order valence-electron chi connectivity index (χ3n) is 2.38. The Morgan fingerprint density at radius 1 is 1.06 bits per heavy atom. The molecule has 0 aliphatic carbocycles. The molecular weight excluding hydrogens is 228 g/mol. The van der Waals surface area contributed by atoms with Gasteiger partial charge in [-0.25, -0.2) is 0 Å². The number of unbranched alkanes of at least 4 members (excludes halogenated alkanes) is 2. The molecule has 3 nitrogen and oxygen atoms in total. The topological polar surface area (TPSA) is 35.5 Å². The highest BCUT2D eigenvalue weighted by Gasteiger charge is 2.28. The zero-order valence-corrected chi connectivity index (χ0v) is 13.1. The molecule has 18 heavy (non-hydrogen) atoms. The highest BCUT2D eigenvalue weighted by atomic mass is 16.7. The second kappa shape index (κ2) is 7.13. The van der Waals surface area contributed by atoms with Gasteiger partial charge >= 0.3 is 5.97 Å². The van der Waals surface area contributed by atoms with Crippen LogP contribution in [0.25, 0.3) is 0 Å². The first-order chi connectivity index (χ1) is 8.06. The molecule has 0 aromatic rings. The van der Waals surface area contributed by atoms with Gasteiger partial charge in [-0.2, -0.15) is 0 Å². The lowest BCUT2D eigenvalue weighted by atomic mass is 9.97. The SMILES string of the molecule is CCCCCC(OC(=O)C(C)(C)C)OC(C)(C)C. The van der Waals surface area contributed by atoms with Gasteiger partial charge < -0.3 is 9.47 Å². The largest absolute Gasteiger partial charge is 0.435 e. The predicted octanol–water partition coefficient (Wildman–Crippen LogP) is 4.30. The molecule has 0 aliphatic rings. The van der Waals surface area contributed by atoms with Gasteiger partial charge in [-0.15, -0.1) is 0 Å². The van der Waals surface area contributed by atoms with Crippen molar-refractivity contribution in [2.24, 2.45) is 5.41 Å². The highest BCUT2D eigenvalue weighted by molar-refractivity contribution is 5.75. The molecule has 0 N–H and O–H groups in total. The second-order valence-electron chi connectivity index (χ2n) is 6.81. The van der Waals surface area contributed by atoms with Gasteiger partial charge in [-0.05, 0) is 48.0 Å². The smallest absolute Gasteiger partial charge is 0.313 e. The van der Waals surface area contributed by atoms with Gasteiger partial charge in [-0.1, -0.05) is 19.8 Å². The Kier molecular flexibility index (Phi) is 6.90. The summed E-state index contributed by atoms with van der Waals surface area (Å²) in [6, 6.07) is 0. The molecule has 0 aromatic carbocycles. The summed E-state index contributed by atoms with van der Waals surface area (Å²) in [4.78, 5) is 11.9. The molecule has 0 saturated heterocycles. The maximum absolute atomic E-state index is 11.9. The van der Waals surface area contributed by atoms with E-state index in [9.17, 15) is 4.79 Å². The van der Waals surface area contributed by atoms with Crippen molar-refractivity contribution in [3.63, 3.8) is 0 Å². The summed E-state index contributed by atoms with van der Waals surface area (Å²) < 4.78 is 11.3. The van der Waals surface area contributed by atoms with Crippen molar-refractivity contribution >= 4 is 5.97 Å². The number of hydrogen-bond donors (Lipinski definition) is 0. The van der Waals surface area contributed by atoms with E-state index in [0.717, 1.165) is 25.7 Å². The number of ether oxygens (including phenoxy) is 2. The molecule has 0 fully saturated rings. The Hall–Kier alpha value is -0.570. The molecule has 0 aliphatic heterocycles. The lowest BCUT2D eigenvalue weighted by Crippen LogP contribution is -2.34. The zero-order chi connectivity index (χ0) is 14.4. The van der Waals surface area contributed by atoms with Gasteiger partial charge in [0.05, 0.1) is 11.0 Å².